The van der Waals surface area contributed by atoms with E-state index in [-0.39, 0.29) is 34.3 Å². The van der Waals surface area contributed by atoms with Gasteiger partial charge in [-0.15, -0.1) is 0 Å². The predicted molar refractivity (Wildman–Crippen MR) is 161 cm³/mol. The van der Waals surface area contributed by atoms with Gasteiger partial charge in [-0.05, 0) is 112 Å². The second kappa shape index (κ2) is 11.0. The first-order chi connectivity index (χ1) is 19.1. The van der Waals surface area contributed by atoms with Gasteiger partial charge in [-0.1, -0.05) is 26.3 Å². The molecule has 2 aromatic rings. The van der Waals surface area contributed by atoms with Gasteiger partial charge in [0.25, 0.3) is 11.5 Å². The molecule has 6 heteroatoms. The lowest BCUT2D eigenvalue weighted by Gasteiger charge is -2.59. The maximum atomic E-state index is 13.8. The summed E-state index contributed by atoms with van der Waals surface area (Å²) in [5.74, 6) is 1.40. The Balaban J connectivity index is 1.57. The number of amides is 1. The van der Waals surface area contributed by atoms with Gasteiger partial charge in [-0.3, -0.25) is 14.5 Å². The molecule has 0 radical (unpaired) electrons. The molecule has 1 saturated heterocycles. The predicted octanol–water partition coefficient (Wildman–Crippen LogP) is 5.85. The first-order valence-corrected chi connectivity index (χ1v) is 15.6. The topological polar surface area (TPSA) is 65.8 Å². The number of carbonyl (C=O) groups is 1. The molecule has 3 fully saturated rings. The Labute approximate surface area is 240 Å². The standard InChI is InChI=1S/C34H49N3O3/c1-7-9-26-12-14-28(38)20-30(26)34-18-19-37(21-25-10-11-25)24(4)33(34,5)17-16-29(34)23(3)35(6)32(40)27-13-15-31(39)36(8-2)22-27/h12-15,20,22-25,29,38H,7-11,16-19,21H2,1-6H3. The van der Waals surface area contributed by atoms with E-state index in [4.69, 9.17) is 0 Å². The van der Waals surface area contributed by atoms with E-state index in [0.29, 0.717) is 23.9 Å². The van der Waals surface area contributed by atoms with Crippen molar-refractivity contribution in [2.75, 3.05) is 20.1 Å². The summed E-state index contributed by atoms with van der Waals surface area (Å²) >= 11 is 0. The quantitative estimate of drug-likeness (QED) is 0.428. The maximum Gasteiger partial charge on any atom is 0.255 e. The highest BCUT2D eigenvalue weighted by atomic mass is 16.3. The lowest BCUT2D eigenvalue weighted by molar-refractivity contribution is -0.0455. The number of aromatic nitrogens is 1. The fraction of sp³-hybridized carbons (Fsp3) is 0.647. The van der Waals surface area contributed by atoms with E-state index in [0.717, 1.165) is 44.6 Å². The molecule has 1 aromatic heterocycles. The third-order valence-corrected chi connectivity index (χ3v) is 11.3. The summed E-state index contributed by atoms with van der Waals surface area (Å²) in [6.07, 6.45) is 9.66. The van der Waals surface area contributed by atoms with E-state index in [1.54, 1.807) is 16.8 Å². The summed E-state index contributed by atoms with van der Waals surface area (Å²) in [6, 6.07) is 9.65. The van der Waals surface area contributed by atoms with E-state index >= 15 is 0 Å². The molecule has 40 heavy (non-hydrogen) atoms. The van der Waals surface area contributed by atoms with Crippen LogP contribution in [0.4, 0.5) is 0 Å². The van der Waals surface area contributed by atoms with Crippen molar-refractivity contribution in [3.63, 3.8) is 0 Å². The van der Waals surface area contributed by atoms with E-state index in [1.807, 2.05) is 24.9 Å². The molecule has 5 atom stereocenters. The van der Waals surface area contributed by atoms with Crippen molar-refractivity contribution in [3.8, 4) is 5.75 Å². The molecular formula is C34H49N3O3. The number of aromatic hydroxyl groups is 1. The molecular weight excluding hydrogens is 498 g/mol. The fourth-order valence-electron chi connectivity index (χ4n) is 8.52. The highest BCUT2D eigenvalue weighted by molar-refractivity contribution is 5.94. The fourth-order valence-corrected chi connectivity index (χ4v) is 8.52. The summed E-state index contributed by atoms with van der Waals surface area (Å²) in [7, 11) is 1.93. The van der Waals surface area contributed by atoms with Crippen LogP contribution in [0.5, 0.6) is 5.75 Å². The lowest BCUT2D eigenvalue weighted by Crippen LogP contribution is -2.63. The molecule has 5 rings (SSSR count). The second-order valence-electron chi connectivity index (χ2n) is 13.2. The monoisotopic (exact) mass is 547 g/mol. The van der Waals surface area contributed by atoms with Gasteiger partial charge in [0.05, 0.1) is 5.56 Å². The number of aryl methyl sites for hydroxylation is 2. The summed E-state index contributed by atoms with van der Waals surface area (Å²) < 4.78 is 1.60. The SMILES string of the molecule is CCCc1ccc(O)cc1C12CCN(CC3CC3)C(C)C1(C)CCC2C(C)N(C)C(=O)c1ccc(=O)n(CC)c1. The van der Waals surface area contributed by atoms with Gasteiger partial charge in [0, 0.05) is 49.9 Å². The Morgan fingerprint density at radius 1 is 1.15 bits per heavy atom. The van der Waals surface area contributed by atoms with Gasteiger partial charge in [-0.25, -0.2) is 0 Å². The molecule has 1 aliphatic heterocycles. The van der Waals surface area contributed by atoms with E-state index in [1.165, 1.54) is 36.6 Å². The van der Waals surface area contributed by atoms with Crippen LogP contribution in [0.2, 0.25) is 0 Å². The average Bonchev–Trinajstić information content (AvgIpc) is 3.71. The van der Waals surface area contributed by atoms with Crippen LogP contribution < -0.4 is 5.56 Å². The molecule has 1 N–H and O–H groups in total. The van der Waals surface area contributed by atoms with Crippen LogP contribution in [0.3, 0.4) is 0 Å². The zero-order chi connectivity index (χ0) is 28.8. The minimum Gasteiger partial charge on any atom is -0.508 e. The summed E-state index contributed by atoms with van der Waals surface area (Å²) in [5, 5.41) is 10.8. The number of nitrogens with zero attached hydrogens (tertiary/aromatic N) is 3. The molecule has 0 spiro atoms. The molecule has 0 bridgehead atoms. The number of likely N-dealkylation sites (tertiary alicyclic amines) is 1. The molecule has 1 amide bonds. The van der Waals surface area contributed by atoms with Crippen molar-refractivity contribution in [2.24, 2.45) is 17.3 Å². The number of benzene rings is 1. The summed E-state index contributed by atoms with van der Waals surface area (Å²) in [6.45, 7) is 14.1. The Bertz CT molecular complexity index is 1300. The minimum absolute atomic E-state index is 0.00432. The Morgan fingerprint density at radius 2 is 1.90 bits per heavy atom. The van der Waals surface area contributed by atoms with E-state index < -0.39 is 0 Å². The van der Waals surface area contributed by atoms with Crippen LogP contribution >= 0.6 is 0 Å². The molecule has 218 valence electrons. The molecule has 3 aliphatic rings. The van der Waals surface area contributed by atoms with Gasteiger partial charge in [0.15, 0.2) is 0 Å². The van der Waals surface area contributed by atoms with Gasteiger partial charge in [-0.2, -0.15) is 0 Å². The summed E-state index contributed by atoms with van der Waals surface area (Å²) in [5.41, 5.74) is 3.00. The number of fused-ring (bicyclic) bond motifs is 1. The van der Waals surface area contributed by atoms with Crippen molar-refractivity contribution in [3.05, 3.63) is 63.6 Å². The molecule has 2 aliphatic carbocycles. The number of hydrogen-bond donors (Lipinski definition) is 1. The van der Waals surface area contributed by atoms with Crippen LogP contribution in [0.1, 0.15) is 94.6 Å². The van der Waals surface area contributed by atoms with Crippen LogP contribution in [-0.2, 0) is 18.4 Å². The van der Waals surface area contributed by atoms with Gasteiger partial charge >= 0.3 is 0 Å². The zero-order valence-electron chi connectivity index (χ0n) is 25.4. The molecule has 2 heterocycles. The van der Waals surface area contributed by atoms with Crippen molar-refractivity contribution in [1.82, 2.24) is 14.4 Å². The average molecular weight is 548 g/mol. The number of hydrogen-bond acceptors (Lipinski definition) is 4. The highest BCUT2D eigenvalue weighted by Crippen LogP contribution is 2.65. The van der Waals surface area contributed by atoms with Crippen molar-refractivity contribution >= 4 is 5.91 Å². The molecule has 1 aromatic carbocycles. The smallest absolute Gasteiger partial charge is 0.255 e. The first kappa shape index (κ1) is 28.9. The third-order valence-electron chi connectivity index (χ3n) is 11.3. The Hall–Kier alpha value is -2.60. The number of carbonyl (C=O) groups excluding carboxylic acids is 1. The van der Waals surface area contributed by atoms with Crippen LogP contribution in [0.15, 0.2) is 41.3 Å². The van der Waals surface area contributed by atoms with Gasteiger partial charge in [0.1, 0.15) is 5.75 Å². The number of phenols is 1. The molecule has 2 saturated carbocycles. The van der Waals surface area contributed by atoms with Gasteiger partial charge in [0.2, 0.25) is 0 Å². The normalized spacial score (nSPS) is 29.2. The highest BCUT2D eigenvalue weighted by Gasteiger charge is 2.65. The Morgan fingerprint density at radius 3 is 2.58 bits per heavy atom. The first-order valence-electron chi connectivity index (χ1n) is 15.6. The van der Waals surface area contributed by atoms with E-state index in [9.17, 15) is 14.7 Å². The van der Waals surface area contributed by atoms with Crippen LogP contribution in [0.25, 0.3) is 0 Å². The second-order valence-corrected chi connectivity index (χ2v) is 13.2. The minimum atomic E-state index is -0.147. The zero-order valence-corrected chi connectivity index (χ0v) is 25.4. The van der Waals surface area contributed by atoms with Crippen molar-refractivity contribution in [2.45, 2.75) is 104 Å². The number of piperidine rings is 1. The van der Waals surface area contributed by atoms with E-state index in [2.05, 4.69) is 44.7 Å². The van der Waals surface area contributed by atoms with Crippen molar-refractivity contribution in [1.29, 1.82) is 0 Å². The number of pyridine rings is 1. The molecule has 6 nitrogen and oxygen atoms in total. The maximum absolute atomic E-state index is 13.8. The van der Waals surface area contributed by atoms with Crippen molar-refractivity contribution < 1.29 is 9.90 Å². The molecule has 5 unspecified atom stereocenters. The summed E-state index contributed by atoms with van der Waals surface area (Å²) in [4.78, 5) is 30.7. The number of phenolic OH excluding ortho intramolecular Hbond substituents is 1. The third kappa shape index (κ3) is 4.70. The number of rotatable bonds is 9. The Kier molecular flexibility index (Phi) is 7.95. The lowest BCUT2D eigenvalue weighted by atomic mass is 9.51. The largest absolute Gasteiger partial charge is 0.508 e. The van der Waals surface area contributed by atoms with Crippen LogP contribution in [0, 0.1) is 17.3 Å². The van der Waals surface area contributed by atoms with Gasteiger partial charge < -0.3 is 14.6 Å². The van der Waals surface area contributed by atoms with Crippen LogP contribution in [-0.4, -0.2) is 57.6 Å².